The van der Waals surface area contributed by atoms with Gasteiger partial charge in [0.2, 0.25) is 11.1 Å². The summed E-state index contributed by atoms with van der Waals surface area (Å²) in [5.74, 6) is 2.15. The van der Waals surface area contributed by atoms with Crippen molar-refractivity contribution in [2.24, 2.45) is 0 Å². The van der Waals surface area contributed by atoms with E-state index >= 15 is 0 Å². The van der Waals surface area contributed by atoms with Gasteiger partial charge in [-0.3, -0.25) is 9.89 Å². The molecule has 0 radical (unpaired) electrons. The van der Waals surface area contributed by atoms with Gasteiger partial charge in [-0.1, -0.05) is 11.8 Å². The molecule has 132 valence electrons. The first kappa shape index (κ1) is 16.2. The van der Waals surface area contributed by atoms with Crippen molar-refractivity contribution in [1.82, 2.24) is 15.2 Å². The van der Waals surface area contributed by atoms with Gasteiger partial charge in [-0.05, 0) is 25.0 Å². The van der Waals surface area contributed by atoms with Crippen molar-refractivity contribution in [2.75, 3.05) is 30.9 Å². The minimum Gasteiger partial charge on any atom is -0.486 e. The van der Waals surface area contributed by atoms with Gasteiger partial charge in [-0.25, -0.2) is 4.98 Å². The summed E-state index contributed by atoms with van der Waals surface area (Å²) in [5, 5.41) is 10.4. The van der Waals surface area contributed by atoms with Crippen LogP contribution in [-0.2, 0) is 9.53 Å². The number of fused-ring (bicyclic) bond motifs is 1. The first-order chi connectivity index (χ1) is 12.3. The number of hydrogen-bond donors (Lipinski definition) is 2. The predicted octanol–water partition coefficient (Wildman–Crippen LogP) is 2.16. The minimum absolute atomic E-state index is 0.00612. The number of nitrogens with one attached hydrogen (secondary N) is 2. The standard InChI is InChI=1S/C16H18N4O4S/c21-14(17-10-3-4-11-13(8-10)24-7-6-23-11)9-25-16-18-15(19-20-16)12-2-1-5-22-12/h3-4,8,12H,1-2,5-7,9H2,(H,17,21)(H,18,19,20). The molecule has 3 heterocycles. The molecular formula is C16H18N4O4S. The van der Waals surface area contributed by atoms with E-state index in [-0.39, 0.29) is 17.8 Å². The number of nitrogens with zero attached hydrogens (tertiary/aromatic N) is 2. The van der Waals surface area contributed by atoms with Crippen LogP contribution >= 0.6 is 11.8 Å². The van der Waals surface area contributed by atoms with Gasteiger partial charge in [0, 0.05) is 18.4 Å². The van der Waals surface area contributed by atoms with Crippen LogP contribution in [0.4, 0.5) is 5.69 Å². The van der Waals surface area contributed by atoms with E-state index in [4.69, 9.17) is 14.2 Å². The average molecular weight is 362 g/mol. The zero-order valence-electron chi connectivity index (χ0n) is 13.5. The van der Waals surface area contributed by atoms with Crippen LogP contribution in [0.5, 0.6) is 11.5 Å². The number of rotatable bonds is 5. The van der Waals surface area contributed by atoms with Gasteiger partial charge >= 0.3 is 0 Å². The van der Waals surface area contributed by atoms with Crippen LogP contribution in [0, 0.1) is 0 Å². The topological polar surface area (TPSA) is 98.4 Å². The zero-order valence-corrected chi connectivity index (χ0v) is 14.3. The number of carbonyl (C=O) groups excluding carboxylic acids is 1. The Hall–Kier alpha value is -2.26. The van der Waals surface area contributed by atoms with Crippen LogP contribution in [0.3, 0.4) is 0 Å². The Morgan fingerprint density at radius 2 is 2.16 bits per heavy atom. The highest BCUT2D eigenvalue weighted by Gasteiger charge is 2.21. The molecular weight excluding hydrogens is 344 g/mol. The fourth-order valence-corrected chi connectivity index (χ4v) is 3.31. The van der Waals surface area contributed by atoms with Gasteiger partial charge in [0.25, 0.3) is 0 Å². The number of aromatic nitrogens is 3. The maximum atomic E-state index is 12.1. The van der Waals surface area contributed by atoms with E-state index in [2.05, 4.69) is 20.5 Å². The number of ether oxygens (including phenoxy) is 3. The molecule has 2 aliphatic heterocycles. The molecule has 25 heavy (non-hydrogen) atoms. The lowest BCUT2D eigenvalue weighted by atomic mass is 10.2. The number of benzene rings is 1. The summed E-state index contributed by atoms with van der Waals surface area (Å²) in [4.78, 5) is 16.5. The summed E-state index contributed by atoms with van der Waals surface area (Å²) in [6.07, 6.45) is 1.98. The second-order valence-corrected chi connectivity index (χ2v) is 6.64. The van der Waals surface area contributed by atoms with Crippen molar-refractivity contribution in [3.05, 3.63) is 24.0 Å². The molecule has 0 spiro atoms. The third-order valence-electron chi connectivity index (χ3n) is 3.88. The number of amides is 1. The fourth-order valence-electron chi connectivity index (χ4n) is 2.71. The first-order valence-corrected chi connectivity index (χ1v) is 9.13. The zero-order chi connectivity index (χ0) is 17.1. The maximum Gasteiger partial charge on any atom is 0.234 e. The van der Waals surface area contributed by atoms with E-state index in [9.17, 15) is 4.79 Å². The molecule has 0 saturated carbocycles. The largest absolute Gasteiger partial charge is 0.486 e. The molecule has 1 aromatic heterocycles. The normalized spacial score (nSPS) is 19.0. The highest BCUT2D eigenvalue weighted by Crippen LogP contribution is 2.32. The van der Waals surface area contributed by atoms with E-state index < -0.39 is 0 Å². The molecule has 2 aliphatic rings. The number of hydrogen-bond acceptors (Lipinski definition) is 7. The van der Waals surface area contributed by atoms with Crippen molar-refractivity contribution in [3.63, 3.8) is 0 Å². The molecule has 0 bridgehead atoms. The van der Waals surface area contributed by atoms with Crippen LogP contribution in [-0.4, -0.2) is 46.7 Å². The molecule has 1 atom stereocenters. The SMILES string of the molecule is O=C(CSc1n[nH]c(C2CCCO2)n1)Nc1ccc2c(c1)OCCO2. The molecule has 1 saturated heterocycles. The van der Waals surface area contributed by atoms with E-state index in [0.717, 1.165) is 25.3 Å². The Bertz CT molecular complexity index is 760. The van der Waals surface area contributed by atoms with E-state index in [1.807, 2.05) is 0 Å². The highest BCUT2D eigenvalue weighted by atomic mass is 32.2. The van der Waals surface area contributed by atoms with Crippen LogP contribution < -0.4 is 14.8 Å². The van der Waals surface area contributed by atoms with Crippen LogP contribution in [0.2, 0.25) is 0 Å². The van der Waals surface area contributed by atoms with Crippen molar-refractivity contribution in [2.45, 2.75) is 24.1 Å². The average Bonchev–Trinajstić information content (AvgIpc) is 3.31. The molecule has 0 aliphatic carbocycles. The molecule has 1 unspecified atom stereocenters. The number of anilines is 1. The molecule has 2 N–H and O–H groups in total. The summed E-state index contributed by atoms with van der Waals surface area (Å²) < 4.78 is 16.5. The van der Waals surface area contributed by atoms with Crippen LogP contribution in [0.1, 0.15) is 24.8 Å². The first-order valence-electron chi connectivity index (χ1n) is 8.14. The van der Waals surface area contributed by atoms with Crippen molar-refractivity contribution >= 4 is 23.4 Å². The second kappa shape index (κ2) is 7.32. The second-order valence-electron chi connectivity index (χ2n) is 5.70. The summed E-state index contributed by atoms with van der Waals surface area (Å²) in [7, 11) is 0. The van der Waals surface area contributed by atoms with E-state index in [1.54, 1.807) is 18.2 Å². The quantitative estimate of drug-likeness (QED) is 0.787. The predicted molar refractivity (Wildman–Crippen MR) is 91.1 cm³/mol. The molecule has 1 amide bonds. The summed E-state index contributed by atoms with van der Waals surface area (Å²) in [6.45, 7) is 1.81. The summed E-state index contributed by atoms with van der Waals surface area (Å²) in [5.41, 5.74) is 0.671. The Balaban J connectivity index is 1.30. The highest BCUT2D eigenvalue weighted by molar-refractivity contribution is 7.99. The van der Waals surface area contributed by atoms with Gasteiger partial charge < -0.3 is 19.5 Å². The van der Waals surface area contributed by atoms with Crippen molar-refractivity contribution in [3.8, 4) is 11.5 Å². The van der Waals surface area contributed by atoms with E-state index in [0.29, 0.717) is 35.6 Å². The van der Waals surface area contributed by atoms with Gasteiger partial charge in [0.15, 0.2) is 17.3 Å². The fraction of sp³-hybridized carbons (Fsp3) is 0.438. The number of thioether (sulfide) groups is 1. The lowest BCUT2D eigenvalue weighted by molar-refractivity contribution is -0.113. The Kier molecular flexibility index (Phi) is 4.75. The molecule has 2 aromatic rings. The Morgan fingerprint density at radius 1 is 1.28 bits per heavy atom. The van der Waals surface area contributed by atoms with Crippen molar-refractivity contribution < 1.29 is 19.0 Å². The molecule has 9 heteroatoms. The molecule has 1 aromatic carbocycles. The maximum absolute atomic E-state index is 12.1. The number of carbonyl (C=O) groups is 1. The third-order valence-corrected chi connectivity index (χ3v) is 4.72. The summed E-state index contributed by atoms with van der Waals surface area (Å²) >= 11 is 1.28. The van der Waals surface area contributed by atoms with Crippen LogP contribution in [0.15, 0.2) is 23.4 Å². The third kappa shape index (κ3) is 3.88. The van der Waals surface area contributed by atoms with Crippen LogP contribution in [0.25, 0.3) is 0 Å². The monoisotopic (exact) mass is 362 g/mol. The Morgan fingerprint density at radius 3 is 3.00 bits per heavy atom. The molecule has 4 rings (SSSR count). The molecule has 8 nitrogen and oxygen atoms in total. The molecule has 1 fully saturated rings. The van der Waals surface area contributed by atoms with E-state index in [1.165, 1.54) is 11.8 Å². The number of aromatic amines is 1. The summed E-state index contributed by atoms with van der Waals surface area (Å²) in [6, 6.07) is 5.35. The smallest absolute Gasteiger partial charge is 0.234 e. The lowest BCUT2D eigenvalue weighted by Crippen LogP contribution is -2.17. The van der Waals surface area contributed by atoms with Crippen molar-refractivity contribution in [1.29, 1.82) is 0 Å². The minimum atomic E-state index is -0.134. The number of H-pyrrole nitrogens is 1. The van der Waals surface area contributed by atoms with Gasteiger partial charge in [0.1, 0.15) is 19.3 Å². The Labute approximate surface area is 148 Å². The van der Waals surface area contributed by atoms with Gasteiger partial charge in [-0.2, -0.15) is 0 Å². The van der Waals surface area contributed by atoms with Gasteiger partial charge in [-0.15, -0.1) is 5.10 Å². The lowest BCUT2D eigenvalue weighted by Gasteiger charge is -2.18. The van der Waals surface area contributed by atoms with Gasteiger partial charge in [0.05, 0.1) is 5.75 Å².